The highest BCUT2D eigenvalue weighted by atomic mass is 16.6. The smallest absolute Gasteiger partial charge is 0.271 e. The van der Waals surface area contributed by atoms with Crippen LogP contribution in [0.4, 0.5) is 17.1 Å². The molecule has 25 heavy (non-hydrogen) atoms. The first-order chi connectivity index (χ1) is 11.9. The lowest BCUT2D eigenvalue weighted by atomic mass is 10.1. The molecule has 2 rings (SSSR count). The van der Waals surface area contributed by atoms with E-state index in [1.165, 1.54) is 32.2 Å². The topological polar surface area (TPSA) is 111 Å². The molecule has 0 heterocycles. The molecule has 0 fully saturated rings. The summed E-state index contributed by atoms with van der Waals surface area (Å²) < 4.78 is 5.09. The third-order valence-corrected chi connectivity index (χ3v) is 3.41. The van der Waals surface area contributed by atoms with E-state index in [0.717, 1.165) is 0 Å². The van der Waals surface area contributed by atoms with Gasteiger partial charge in [0.05, 0.1) is 24.3 Å². The third kappa shape index (κ3) is 4.54. The number of carbonyl (C=O) groups excluding carboxylic acids is 2. The van der Waals surface area contributed by atoms with Gasteiger partial charge >= 0.3 is 0 Å². The molecule has 0 radical (unpaired) electrons. The van der Waals surface area contributed by atoms with E-state index in [9.17, 15) is 19.7 Å². The van der Waals surface area contributed by atoms with Gasteiger partial charge in [-0.15, -0.1) is 0 Å². The summed E-state index contributed by atoms with van der Waals surface area (Å²) >= 11 is 0. The molecular weight excluding hydrogens is 326 g/mol. The van der Waals surface area contributed by atoms with Crippen LogP contribution in [0.2, 0.25) is 0 Å². The number of hydrogen-bond donors (Lipinski definition) is 2. The maximum absolute atomic E-state index is 12.1. The van der Waals surface area contributed by atoms with Crippen molar-refractivity contribution in [3.05, 3.63) is 58.1 Å². The fourth-order valence-electron chi connectivity index (χ4n) is 2.22. The Morgan fingerprint density at radius 2 is 1.88 bits per heavy atom. The summed E-state index contributed by atoms with van der Waals surface area (Å²) in [6, 6.07) is 10.7. The van der Waals surface area contributed by atoms with E-state index in [2.05, 4.69) is 10.6 Å². The van der Waals surface area contributed by atoms with E-state index in [1.807, 2.05) is 0 Å². The van der Waals surface area contributed by atoms with E-state index in [0.29, 0.717) is 17.0 Å². The maximum atomic E-state index is 12.1. The second kappa shape index (κ2) is 7.91. The number of Topliss-reactive ketones (excluding diaryl/α,β-unsaturated/α-hetero) is 1. The van der Waals surface area contributed by atoms with Gasteiger partial charge in [-0.3, -0.25) is 19.7 Å². The molecule has 0 aliphatic rings. The quantitative estimate of drug-likeness (QED) is 0.454. The van der Waals surface area contributed by atoms with Crippen LogP contribution in [0.25, 0.3) is 0 Å². The molecular formula is C17H17N3O5. The molecule has 130 valence electrons. The van der Waals surface area contributed by atoms with Crippen LogP contribution in [0.1, 0.15) is 17.3 Å². The van der Waals surface area contributed by atoms with E-state index in [1.54, 1.807) is 24.3 Å². The van der Waals surface area contributed by atoms with E-state index < -0.39 is 10.8 Å². The van der Waals surface area contributed by atoms with Crippen molar-refractivity contribution in [1.82, 2.24) is 0 Å². The number of ether oxygens (including phenoxy) is 1. The summed E-state index contributed by atoms with van der Waals surface area (Å²) in [5, 5.41) is 16.3. The van der Waals surface area contributed by atoms with Crippen LogP contribution in [0.15, 0.2) is 42.5 Å². The van der Waals surface area contributed by atoms with Crippen LogP contribution >= 0.6 is 0 Å². The van der Waals surface area contributed by atoms with Gasteiger partial charge in [0.15, 0.2) is 5.78 Å². The average Bonchev–Trinajstić information content (AvgIpc) is 2.60. The van der Waals surface area contributed by atoms with Crippen molar-refractivity contribution < 1.29 is 19.2 Å². The van der Waals surface area contributed by atoms with Gasteiger partial charge in [-0.05, 0) is 25.1 Å². The predicted molar refractivity (Wildman–Crippen MR) is 93.2 cm³/mol. The van der Waals surface area contributed by atoms with Crippen LogP contribution in [0.5, 0.6) is 5.75 Å². The third-order valence-electron chi connectivity index (χ3n) is 3.41. The van der Waals surface area contributed by atoms with E-state index in [4.69, 9.17) is 4.74 Å². The first-order valence-corrected chi connectivity index (χ1v) is 7.38. The number of nitro benzene ring substituents is 1. The Bertz CT molecular complexity index is 820. The highest BCUT2D eigenvalue weighted by Gasteiger charge is 2.14. The molecule has 0 atom stereocenters. The van der Waals surface area contributed by atoms with Crippen molar-refractivity contribution >= 4 is 28.8 Å². The minimum Gasteiger partial charge on any atom is -0.495 e. The van der Waals surface area contributed by atoms with Crippen molar-refractivity contribution in [3.8, 4) is 5.75 Å². The van der Waals surface area contributed by atoms with Gasteiger partial charge in [0, 0.05) is 23.4 Å². The molecule has 0 aliphatic carbocycles. The van der Waals surface area contributed by atoms with Gasteiger partial charge in [0.2, 0.25) is 5.91 Å². The summed E-state index contributed by atoms with van der Waals surface area (Å²) in [6.07, 6.45) is 0. The SMILES string of the molecule is COc1ccc([N+](=O)[O-])cc1NC(=O)CNc1ccccc1C(C)=O. The molecule has 0 saturated carbocycles. The Morgan fingerprint density at radius 3 is 2.52 bits per heavy atom. The summed E-state index contributed by atoms with van der Waals surface area (Å²) in [6.45, 7) is 1.32. The zero-order valence-corrected chi connectivity index (χ0v) is 13.7. The Labute approximate surface area is 144 Å². The summed E-state index contributed by atoms with van der Waals surface area (Å²) in [5.74, 6) is -0.246. The van der Waals surface area contributed by atoms with Crippen LogP contribution in [-0.4, -0.2) is 30.3 Å². The molecule has 0 saturated heterocycles. The van der Waals surface area contributed by atoms with Gasteiger partial charge < -0.3 is 15.4 Å². The van der Waals surface area contributed by atoms with Crippen LogP contribution in [-0.2, 0) is 4.79 Å². The number of anilines is 2. The molecule has 0 spiro atoms. The number of methoxy groups -OCH3 is 1. The second-order valence-electron chi connectivity index (χ2n) is 5.15. The lowest BCUT2D eigenvalue weighted by molar-refractivity contribution is -0.384. The van der Waals surface area contributed by atoms with Crippen molar-refractivity contribution in [2.75, 3.05) is 24.3 Å². The Hall–Kier alpha value is -3.42. The van der Waals surface area contributed by atoms with Gasteiger partial charge in [-0.25, -0.2) is 0 Å². The number of carbonyl (C=O) groups is 2. The predicted octanol–water partition coefficient (Wildman–Crippen LogP) is 2.86. The Kier molecular flexibility index (Phi) is 5.67. The number of nitrogens with zero attached hydrogens (tertiary/aromatic N) is 1. The molecule has 0 aromatic heterocycles. The van der Waals surface area contributed by atoms with Crippen LogP contribution in [0, 0.1) is 10.1 Å². The number of hydrogen-bond acceptors (Lipinski definition) is 6. The molecule has 0 bridgehead atoms. The number of non-ortho nitro benzene ring substituents is 1. The van der Waals surface area contributed by atoms with Crippen molar-refractivity contribution in [2.45, 2.75) is 6.92 Å². The van der Waals surface area contributed by atoms with Crippen molar-refractivity contribution in [1.29, 1.82) is 0 Å². The molecule has 2 aromatic rings. The van der Waals surface area contributed by atoms with Crippen molar-refractivity contribution in [2.24, 2.45) is 0 Å². The Morgan fingerprint density at radius 1 is 1.16 bits per heavy atom. The first-order valence-electron chi connectivity index (χ1n) is 7.38. The van der Waals surface area contributed by atoms with Crippen LogP contribution < -0.4 is 15.4 Å². The van der Waals surface area contributed by atoms with Gasteiger partial charge in [0.1, 0.15) is 5.75 Å². The molecule has 2 N–H and O–H groups in total. The zero-order valence-electron chi connectivity index (χ0n) is 13.7. The van der Waals surface area contributed by atoms with Gasteiger partial charge in [-0.2, -0.15) is 0 Å². The minimum atomic E-state index is -0.559. The van der Waals surface area contributed by atoms with Gasteiger partial charge in [0.25, 0.3) is 5.69 Å². The van der Waals surface area contributed by atoms with Crippen LogP contribution in [0.3, 0.4) is 0 Å². The highest BCUT2D eigenvalue weighted by molar-refractivity contribution is 6.01. The standard InChI is InChI=1S/C17H17N3O5/c1-11(21)13-5-3-4-6-14(13)18-10-17(22)19-15-9-12(20(23)24)7-8-16(15)25-2/h3-9,18H,10H2,1-2H3,(H,19,22). The van der Waals surface area contributed by atoms with E-state index in [-0.39, 0.29) is 23.7 Å². The number of ketones is 1. The average molecular weight is 343 g/mol. The number of amides is 1. The summed E-state index contributed by atoms with van der Waals surface area (Å²) in [4.78, 5) is 34.0. The zero-order chi connectivity index (χ0) is 18.4. The second-order valence-corrected chi connectivity index (χ2v) is 5.15. The highest BCUT2D eigenvalue weighted by Crippen LogP contribution is 2.28. The lowest BCUT2D eigenvalue weighted by Gasteiger charge is -2.12. The number of para-hydroxylation sites is 1. The normalized spacial score (nSPS) is 10.0. The summed E-state index contributed by atoms with van der Waals surface area (Å²) in [7, 11) is 1.40. The number of rotatable bonds is 7. The monoisotopic (exact) mass is 343 g/mol. The minimum absolute atomic E-state index is 0.115. The first kappa shape index (κ1) is 17.9. The number of nitrogens with one attached hydrogen (secondary N) is 2. The Balaban J connectivity index is 2.09. The molecule has 0 aliphatic heterocycles. The molecule has 0 unspecified atom stereocenters. The molecule has 8 heteroatoms. The molecule has 1 amide bonds. The van der Waals surface area contributed by atoms with E-state index >= 15 is 0 Å². The number of nitro groups is 1. The lowest BCUT2D eigenvalue weighted by Crippen LogP contribution is -2.22. The van der Waals surface area contributed by atoms with Gasteiger partial charge in [-0.1, -0.05) is 12.1 Å². The molecule has 8 nitrogen and oxygen atoms in total. The molecule has 2 aromatic carbocycles. The van der Waals surface area contributed by atoms with Crippen molar-refractivity contribution in [3.63, 3.8) is 0 Å². The number of benzene rings is 2. The largest absolute Gasteiger partial charge is 0.495 e. The fourth-order valence-corrected chi connectivity index (χ4v) is 2.22. The summed E-state index contributed by atoms with van der Waals surface area (Å²) in [5.41, 5.74) is 1.05. The fraction of sp³-hybridized carbons (Fsp3) is 0.176. The maximum Gasteiger partial charge on any atom is 0.271 e.